The van der Waals surface area contributed by atoms with Crippen molar-refractivity contribution in [1.82, 2.24) is 14.4 Å². The molecule has 0 aliphatic rings. The molecule has 0 unspecified atom stereocenters. The first kappa shape index (κ1) is 18.5. The summed E-state index contributed by atoms with van der Waals surface area (Å²) in [7, 11) is 0. The molecule has 1 N–H and O–H groups in total. The standard InChI is InChI=1S/C20H13F3N4O2/c21-20(22,23)29-16-7-5-13(6-8-16)18(28)25-15-4-1-3-14(11-15)17-12-27-10-2-9-24-19(27)26-17/h1-12H,(H,25,28). The lowest BCUT2D eigenvalue weighted by molar-refractivity contribution is -0.274. The molecular formula is C20H13F3N4O2. The van der Waals surface area contributed by atoms with Crippen LogP contribution in [0.4, 0.5) is 18.9 Å². The molecule has 0 radical (unpaired) electrons. The van der Waals surface area contributed by atoms with E-state index in [0.717, 1.165) is 17.7 Å². The summed E-state index contributed by atoms with van der Waals surface area (Å²) in [6.07, 6.45) is 0.519. The van der Waals surface area contributed by atoms with Gasteiger partial charge in [0.05, 0.1) is 5.69 Å². The number of hydrogen-bond donors (Lipinski definition) is 1. The van der Waals surface area contributed by atoms with Crippen molar-refractivity contribution in [3.63, 3.8) is 0 Å². The lowest BCUT2D eigenvalue weighted by atomic mass is 10.1. The lowest BCUT2D eigenvalue weighted by Gasteiger charge is -2.10. The molecule has 0 saturated heterocycles. The third-order valence-electron chi connectivity index (χ3n) is 4.00. The first-order chi connectivity index (χ1) is 13.9. The summed E-state index contributed by atoms with van der Waals surface area (Å²) in [4.78, 5) is 21.0. The van der Waals surface area contributed by atoms with Gasteiger partial charge in [0.2, 0.25) is 5.78 Å². The number of rotatable bonds is 4. The fourth-order valence-electron chi connectivity index (χ4n) is 2.74. The SMILES string of the molecule is O=C(Nc1cccc(-c2cn3cccnc3n2)c1)c1ccc(OC(F)(F)F)cc1. The summed E-state index contributed by atoms with van der Waals surface area (Å²) in [6.45, 7) is 0. The van der Waals surface area contributed by atoms with Gasteiger partial charge in [-0.15, -0.1) is 13.2 Å². The Bertz CT molecular complexity index is 1140. The quantitative estimate of drug-likeness (QED) is 0.548. The molecule has 9 heteroatoms. The van der Waals surface area contributed by atoms with Crippen LogP contribution in [-0.4, -0.2) is 26.6 Å². The molecule has 6 nitrogen and oxygen atoms in total. The Hall–Kier alpha value is -3.88. The highest BCUT2D eigenvalue weighted by molar-refractivity contribution is 6.04. The van der Waals surface area contributed by atoms with E-state index >= 15 is 0 Å². The van der Waals surface area contributed by atoms with Crippen molar-refractivity contribution in [2.24, 2.45) is 0 Å². The Balaban J connectivity index is 1.51. The minimum absolute atomic E-state index is 0.196. The number of benzene rings is 2. The maximum atomic E-state index is 12.4. The number of imidazole rings is 1. The first-order valence-electron chi connectivity index (χ1n) is 8.45. The van der Waals surface area contributed by atoms with Gasteiger partial charge in [0.1, 0.15) is 5.75 Å². The maximum Gasteiger partial charge on any atom is 0.573 e. The average molecular weight is 398 g/mol. The molecule has 29 heavy (non-hydrogen) atoms. The Morgan fingerprint density at radius 1 is 1.07 bits per heavy atom. The molecular weight excluding hydrogens is 385 g/mol. The number of carbonyl (C=O) groups excluding carboxylic acids is 1. The third kappa shape index (κ3) is 4.34. The van der Waals surface area contributed by atoms with Crippen molar-refractivity contribution in [2.75, 3.05) is 5.32 Å². The van der Waals surface area contributed by atoms with Crippen LogP contribution < -0.4 is 10.1 Å². The molecule has 146 valence electrons. The summed E-state index contributed by atoms with van der Waals surface area (Å²) in [5.41, 5.74) is 2.19. The zero-order valence-corrected chi connectivity index (χ0v) is 14.7. The van der Waals surface area contributed by atoms with Crippen LogP contribution in [0.15, 0.2) is 73.2 Å². The van der Waals surface area contributed by atoms with Gasteiger partial charge in [-0.25, -0.2) is 9.97 Å². The number of halogens is 3. The van der Waals surface area contributed by atoms with Crippen LogP contribution in [0, 0.1) is 0 Å². The highest BCUT2D eigenvalue weighted by Crippen LogP contribution is 2.24. The van der Waals surface area contributed by atoms with Crippen LogP contribution >= 0.6 is 0 Å². The fourth-order valence-corrected chi connectivity index (χ4v) is 2.74. The summed E-state index contributed by atoms with van der Waals surface area (Å²) in [6, 6.07) is 13.5. The number of carbonyl (C=O) groups is 1. The first-order valence-corrected chi connectivity index (χ1v) is 8.45. The van der Waals surface area contributed by atoms with Gasteiger partial charge in [0, 0.05) is 35.4 Å². The number of fused-ring (bicyclic) bond motifs is 1. The Morgan fingerprint density at radius 3 is 2.59 bits per heavy atom. The molecule has 0 aliphatic carbocycles. The molecule has 1 amide bonds. The summed E-state index contributed by atoms with van der Waals surface area (Å²) in [5, 5.41) is 2.72. The second-order valence-corrected chi connectivity index (χ2v) is 6.06. The van der Waals surface area contributed by atoms with E-state index in [9.17, 15) is 18.0 Å². The predicted molar refractivity (Wildman–Crippen MR) is 99.5 cm³/mol. The Kier molecular flexibility index (Phi) is 4.63. The van der Waals surface area contributed by atoms with E-state index in [-0.39, 0.29) is 5.56 Å². The van der Waals surface area contributed by atoms with E-state index in [1.807, 2.05) is 18.5 Å². The van der Waals surface area contributed by atoms with E-state index in [4.69, 9.17) is 0 Å². The molecule has 4 aromatic rings. The molecule has 0 aliphatic heterocycles. The lowest BCUT2D eigenvalue weighted by Crippen LogP contribution is -2.17. The number of alkyl halides is 3. The van der Waals surface area contributed by atoms with E-state index in [2.05, 4.69) is 20.0 Å². The van der Waals surface area contributed by atoms with Gasteiger partial charge >= 0.3 is 6.36 Å². The highest BCUT2D eigenvalue weighted by Gasteiger charge is 2.31. The van der Waals surface area contributed by atoms with Crippen molar-refractivity contribution >= 4 is 17.4 Å². The monoisotopic (exact) mass is 398 g/mol. The largest absolute Gasteiger partial charge is 0.573 e. The second kappa shape index (κ2) is 7.27. The third-order valence-corrected chi connectivity index (χ3v) is 4.00. The van der Waals surface area contributed by atoms with Crippen molar-refractivity contribution < 1.29 is 22.7 Å². The topological polar surface area (TPSA) is 68.5 Å². The molecule has 0 saturated carbocycles. The van der Waals surface area contributed by atoms with Crippen LogP contribution in [0.2, 0.25) is 0 Å². The molecule has 4 rings (SSSR count). The molecule has 0 spiro atoms. The predicted octanol–water partition coefficient (Wildman–Crippen LogP) is 4.55. The number of anilines is 1. The van der Waals surface area contributed by atoms with Gasteiger partial charge in [0.15, 0.2) is 0 Å². The van der Waals surface area contributed by atoms with Crippen LogP contribution in [0.5, 0.6) is 5.75 Å². The Labute approximate surface area is 162 Å². The smallest absolute Gasteiger partial charge is 0.406 e. The minimum atomic E-state index is -4.78. The molecule has 0 bridgehead atoms. The number of hydrogen-bond acceptors (Lipinski definition) is 4. The minimum Gasteiger partial charge on any atom is -0.406 e. The molecule has 0 fully saturated rings. The van der Waals surface area contributed by atoms with E-state index < -0.39 is 18.0 Å². The van der Waals surface area contributed by atoms with Crippen LogP contribution in [0.3, 0.4) is 0 Å². The van der Waals surface area contributed by atoms with Gasteiger partial charge in [0.25, 0.3) is 5.91 Å². The van der Waals surface area contributed by atoms with E-state index in [0.29, 0.717) is 17.2 Å². The van der Waals surface area contributed by atoms with Crippen molar-refractivity contribution in [1.29, 1.82) is 0 Å². The van der Waals surface area contributed by atoms with Gasteiger partial charge in [-0.1, -0.05) is 12.1 Å². The number of nitrogens with one attached hydrogen (secondary N) is 1. The Morgan fingerprint density at radius 2 is 1.86 bits per heavy atom. The van der Waals surface area contributed by atoms with Gasteiger partial charge < -0.3 is 10.1 Å². The molecule has 2 aromatic heterocycles. The van der Waals surface area contributed by atoms with Crippen LogP contribution in [0.1, 0.15) is 10.4 Å². The highest BCUT2D eigenvalue weighted by atomic mass is 19.4. The van der Waals surface area contributed by atoms with E-state index in [1.165, 1.54) is 12.1 Å². The molecule has 0 atom stereocenters. The summed E-state index contributed by atoms with van der Waals surface area (Å²) < 4.78 is 42.2. The average Bonchev–Trinajstić information content (AvgIpc) is 3.12. The van der Waals surface area contributed by atoms with Crippen molar-refractivity contribution in [3.8, 4) is 17.0 Å². The van der Waals surface area contributed by atoms with Crippen molar-refractivity contribution in [3.05, 3.63) is 78.8 Å². The number of amides is 1. The second-order valence-electron chi connectivity index (χ2n) is 6.06. The van der Waals surface area contributed by atoms with E-state index in [1.54, 1.807) is 34.9 Å². The normalized spacial score (nSPS) is 11.4. The van der Waals surface area contributed by atoms with Crippen LogP contribution in [-0.2, 0) is 0 Å². The zero-order chi connectivity index (χ0) is 20.4. The zero-order valence-electron chi connectivity index (χ0n) is 14.7. The maximum absolute atomic E-state index is 12.4. The molecule has 2 aromatic carbocycles. The number of nitrogens with zero attached hydrogens (tertiary/aromatic N) is 3. The van der Waals surface area contributed by atoms with Crippen molar-refractivity contribution in [2.45, 2.75) is 6.36 Å². The van der Waals surface area contributed by atoms with Gasteiger partial charge in [-0.2, -0.15) is 0 Å². The van der Waals surface area contributed by atoms with Crippen LogP contribution in [0.25, 0.3) is 17.0 Å². The summed E-state index contributed by atoms with van der Waals surface area (Å²) in [5.74, 6) is -0.299. The van der Waals surface area contributed by atoms with Gasteiger partial charge in [-0.05, 0) is 42.5 Å². The number of ether oxygens (including phenoxy) is 1. The fraction of sp³-hybridized carbons (Fsp3) is 0.0500. The summed E-state index contributed by atoms with van der Waals surface area (Å²) >= 11 is 0. The molecule has 2 heterocycles. The van der Waals surface area contributed by atoms with Gasteiger partial charge in [-0.3, -0.25) is 9.20 Å². The number of aromatic nitrogens is 3.